The highest BCUT2D eigenvalue weighted by Crippen LogP contribution is 2.27. The molecule has 2 rings (SSSR count). The maximum atomic E-state index is 4.09. The number of rotatable bonds is 5. The molecule has 100 valence electrons. The van der Waals surface area contributed by atoms with Gasteiger partial charge in [-0.3, -0.25) is 9.88 Å². The third-order valence-electron chi connectivity index (χ3n) is 4.19. The van der Waals surface area contributed by atoms with E-state index in [2.05, 4.69) is 34.3 Å². The van der Waals surface area contributed by atoms with E-state index in [9.17, 15) is 0 Å². The van der Waals surface area contributed by atoms with Crippen LogP contribution in [0.3, 0.4) is 0 Å². The van der Waals surface area contributed by atoms with Crippen LogP contribution in [0.5, 0.6) is 0 Å². The lowest BCUT2D eigenvalue weighted by atomic mass is 9.92. The molecule has 0 radical (unpaired) electrons. The molecule has 3 nitrogen and oxygen atoms in total. The second kappa shape index (κ2) is 6.86. The Morgan fingerprint density at radius 2 is 2.00 bits per heavy atom. The van der Waals surface area contributed by atoms with Gasteiger partial charge in [-0.2, -0.15) is 0 Å². The maximum absolute atomic E-state index is 4.09. The summed E-state index contributed by atoms with van der Waals surface area (Å²) in [4.78, 5) is 6.70. The summed E-state index contributed by atoms with van der Waals surface area (Å²) in [5, 5.41) is 3.25. The second-order valence-electron chi connectivity index (χ2n) is 5.33. The highest BCUT2D eigenvalue weighted by atomic mass is 15.2. The molecule has 1 N–H and O–H groups in total. The van der Waals surface area contributed by atoms with Crippen LogP contribution in [0.1, 0.15) is 37.8 Å². The Hall–Kier alpha value is -0.930. The van der Waals surface area contributed by atoms with Gasteiger partial charge in [-0.05, 0) is 76.5 Å². The van der Waals surface area contributed by atoms with Gasteiger partial charge in [0.2, 0.25) is 0 Å². The first-order valence-electron chi connectivity index (χ1n) is 7.10. The summed E-state index contributed by atoms with van der Waals surface area (Å²) in [6, 6.07) is 4.80. The van der Waals surface area contributed by atoms with Crippen molar-refractivity contribution in [3.05, 3.63) is 30.1 Å². The summed E-state index contributed by atoms with van der Waals surface area (Å²) in [6.07, 6.45) is 7.80. The SMILES string of the molecule is CNCCC1CCN(C(C)c2ccncc2)CC1. The van der Waals surface area contributed by atoms with E-state index in [1.165, 1.54) is 37.9 Å². The zero-order valence-corrected chi connectivity index (χ0v) is 11.6. The first-order valence-corrected chi connectivity index (χ1v) is 7.10. The van der Waals surface area contributed by atoms with Gasteiger partial charge in [-0.1, -0.05) is 0 Å². The minimum Gasteiger partial charge on any atom is -0.320 e. The smallest absolute Gasteiger partial charge is 0.0320 e. The number of pyridine rings is 1. The van der Waals surface area contributed by atoms with E-state index in [-0.39, 0.29) is 0 Å². The zero-order valence-electron chi connectivity index (χ0n) is 11.6. The van der Waals surface area contributed by atoms with E-state index in [0.29, 0.717) is 6.04 Å². The van der Waals surface area contributed by atoms with E-state index in [0.717, 1.165) is 12.5 Å². The summed E-state index contributed by atoms with van der Waals surface area (Å²) in [5.41, 5.74) is 1.39. The van der Waals surface area contributed by atoms with Crippen LogP contribution in [0.15, 0.2) is 24.5 Å². The quantitative estimate of drug-likeness (QED) is 0.866. The molecule has 0 aromatic carbocycles. The summed E-state index contributed by atoms with van der Waals surface area (Å²) < 4.78 is 0. The Kier molecular flexibility index (Phi) is 5.14. The first-order chi connectivity index (χ1) is 8.81. The lowest BCUT2D eigenvalue weighted by molar-refractivity contribution is 0.137. The normalized spacial score (nSPS) is 19.9. The average Bonchev–Trinajstić information content (AvgIpc) is 2.46. The average molecular weight is 247 g/mol. The minimum atomic E-state index is 0.526. The number of aromatic nitrogens is 1. The molecule has 1 unspecified atom stereocenters. The predicted octanol–water partition coefficient (Wildman–Crippen LogP) is 2.46. The summed E-state index contributed by atoms with van der Waals surface area (Å²) in [5.74, 6) is 0.915. The number of nitrogens with zero attached hydrogens (tertiary/aromatic N) is 2. The van der Waals surface area contributed by atoms with E-state index in [1.54, 1.807) is 0 Å². The molecule has 18 heavy (non-hydrogen) atoms. The lowest BCUT2D eigenvalue weighted by Gasteiger charge is -2.36. The molecule has 0 saturated carbocycles. The number of likely N-dealkylation sites (tertiary alicyclic amines) is 1. The molecular weight excluding hydrogens is 222 g/mol. The Morgan fingerprint density at radius 3 is 2.61 bits per heavy atom. The number of hydrogen-bond acceptors (Lipinski definition) is 3. The number of piperidine rings is 1. The number of hydrogen-bond donors (Lipinski definition) is 1. The van der Waals surface area contributed by atoms with Crippen LogP contribution < -0.4 is 5.32 Å². The van der Waals surface area contributed by atoms with E-state index in [4.69, 9.17) is 0 Å². The molecule has 0 spiro atoms. The fraction of sp³-hybridized carbons (Fsp3) is 0.667. The topological polar surface area (TPSA) is 28.2 Å². The largest absolute Gasteiger partial charge is 0.320 e. The molecule has 0 amide bonds. The molecular formula is C15H25N3. The van der Waals surface area contributed by atoms with Gasteiger partial charge < -0.3 is 5.32 Å². The summed E-state index contributed by atoms with van der Waals surface area (Å²) in [6.45, 7) is 5.93. The fourth-order valence-corrected chi connectivity index (χ4v) is 2.83. The molecule has 3 heteroatoms. The molecule has 1 fully saturated rings. The summed E-state index contributed by atoms with van der Waals surface area (Å²) in [7, 11) is 2.04. The van der Waals surface area contributed by atoms with Crippen molar-refractivity contribution in [2.75, 3.05) is 26.7 Å². The van der Waals surface area contributed by atoms with Gasteiger partial charge in [-0.15, -0.1) is 0 Å². The summed E-state index contributed by atoms with van der Waals surface area (Å²) >= 11 is 0. The standard InChI is InChI=1S/C15H25N3/c1-13(15-4-9-17-10-5-15)18-11-6-14(7-12-18)3-8-16-2/h4-5,9-10,13-14,16H,3,6-8,11-12H2,1-2H3. The second-order valence-corrected chi connectivity index (χ2v) is 5.33. The van der Waals surface area contributed by atoms with Crippen LogP contribution in [-0.2, 0) is 0 Å². The van der Waals surface area contributed by atoms with Crippen LogP contribution >= 0.6 is 0 Å². The third-order valence-corrected chi connectivity index (χ3v) is 4.19. The van der Waals surface area contributed by atoms with Crippen molar-refractivity contribution in [3.8, 4) is 0 Å². The lowest BCUT2D eigenvalue weighted by Crippen LogP contribution is -2.36. The van der Waals surface area contributed by atoms with Crippen molar-refractivity contribution in [3.63, 3.8) is 0 Å². The highest BCUT2D eigenvalue weighted by Gasteiger charge is 2.22. The Balaban J connectivity index is 1.82. The van der Waals surface area contributed by atoms with Crippen LogP contribution in [0.2, 0.25) is 0 Å². The molecule has 1 aliphatic rings. The van der Waals surface area contributed by atoms with Crippen LogP contribution in [0.25, 0.3) is 0 Å². The molecule has 1 aliphatic heterocycles. The molecule has 1 aromatic heterocycles. The van der Waals surface area contributed by atoms with Crippen molar-refractivity contribution < 1.29 is 0 Å². The van der Waals surface area contributed by atoms with Gasteiger partial charge in [0.25, 0.3) is 0 Å². The zero-order chi connectivity index (χ0) is 12.8. The van der Waals surface area contributed by atoms with E-state index < -0.39 is 0 Å². The van der Waals surface area contributed by atoms with Gasteiger partial charge in [-0.25, -0.2) is 0 Å². The molecule has 1 aromatic rings. The predicted molar refractivity (Wildman–Crippen MR) is 75.5 cm³/mol. The molecule has 0 aliphatic carbocycles. The van der Waals surface area contributed by atoms with Gasteiger partial charge in [0.05, 0.1) is 0 Å². The van der Waals surface area contributed by atoms with Gasteiger partial charge in [0, 0.05) is 18.4 Å². The Labute approximate surface area is 111 Å². The van der Waals surface area contributed by atoms with Crippen molar-refractivity contribution in [1.29, 1.82) is 0 Å². The van der Waals surface area contributed by atoms with E-state index >= 15 is 0 Å². The van der Waals surface area contributed by atoms with Gasteiger partial charge in [0.1, 0.15) is 0 Å². The first kappa shape index (κ1) is 13.5. The Bertz CT molecular complexity index is 331. The van der Waals surface area contributed by atoms with Crippen molar-refractivity contribution >= 4 is 0 Å². The van der Waals surface area contributed by atoms with Gasteiger partial charge >= 0.3 is 0 Å². The number of nitrogens with one attached hydrogen (secondary N) is 1. The molecule has 2 heterocycles. The van der Waals surface area contributed by atoms with Gasteiger partial charge in [0.15, 0.2) is 0 Å². The van der Waals surface area contributed by atoms with Crippen molar-refractivity contribution in [2.24, 2.45) is 5.92 Å². The van der Waals surface area contributed by atoms with Crippen molar-refractivity contribution in [2.45, 2.75) is 32.2 Å². The third kappa shape index (κ3) is 3.53. The molecule has 1 atom stereocenters. The van der Waals surface area contributed by atoms with E-state index in [1.807, 2.05) is 19.4 Å². The fourth-order valence-electron chi connectivity index (χ4n) is 2.83. The van der Waals surface area contributed by atoms with Crippen LogP contribution in [-0.4, -0.2) is 36.6 Å². The molecule has 1 saturated heterocycles. The van der Waals surface area contributed by atoms with Crippen LogP contribution in [0.4, 0.5) is 0 Å². The Morgan fingerprint density at radius 1 is 1.33 bits per heavy atom. The minimum absolute atomic E-state index is 0.526. The molecule has 0 bridgehead atoms. The monoisotopic (exact) mass is 247 g/mol. The van der Waals surface area contributed by atoms with Crippen LogP contribution in [0, 0.1) is 5.92 Å². The maximum Gasteiger partial charge on any atom is 0.0320 e. The van der Waals surface area contributed by atoms with Crippen molar-refractivity contribution in [1.82, 2.24) is 15.2 Å². The highest BCUT2D eigenvalue weighted by molar-refractivity contribution is 5.14.